The van der Waals surface area contributed by atoms with Gasteiger partial charge in [-0.15, -0.1) is 0 Å². The topological polar surface area (TPSA) is 237 Å². The molecule has 19 heteroatoms. The van der Waals surface area contributed by atoms with Gasteiger partial charge in [-0.25, -0.2) is 9.13 Å². The molecule has 0 aliphatic rings. The molecule has 0 bridgehead atoms. The van der Waals surface area contributed by atoms with Crippen molar-refractivity contribution in [1.29, 1.82) is 0 Å². The molecular weight excluding hydrogens is 1380 g/mol. The summed E-state index contributed by atoms with van der Waals surface area (Å²) in [6.45, 7) is 4.57. The SMILES string of the molecule is CC/C=C\C/C=C\C/C=C\CCCCCCCCCC(=O)OC(COC(=O)CCCCCCCC/C=C\C/C=C\C/C=C\CCCCC)COP(=O)(O)OCC(O)COP(=O)(O)OCC(COC(=O)CCCCCCC/C=C\C/C=C\C/C=C\CC)OC(=O)CCCCCCC/C=C\C/C=C\CCCCC. The van der Waals surface area contributed by atoms with Gasteiger partial charge in [-0.3, -0.25) is 37.3 Å². The number of allylic oxidation sites excluding steroid dienone is 22. The van der Waals surface area contributed by atoms with Crippen molar-refractivity contribution in [3.8, 4) is 0 Å². The minimum atomic E-state index is -4.99. The van der Waals surface area contributed by atoms with Gasteiger partial charge in [-0.2, -0.15) is 0 Å². The van der Waals surface area contributed by atoms with E-state index in [0.717, 1.165) is 218 Å². The second-order valence-corrected chi connectivity index (χ2v) is 30.2. The number of phosphoric acid groups is 2. The van der Waals surface area contributed by atoms with Crippen molar-refractivity contribution >= 4 is 39.5 Å². The number of carbonyl (C=O) groups excluding carboxylic acids is 4. The molecule has 0 aromatic heterocycles. The molecular formula is C87H148O17P2. The van der Waals surface area contributed by atoms with E-state index < -0.39 is 97.5 Å². The summed E-state index contributed by atoms with van der Waals surface area (Å²) < 4.78 is 68.7. The van der Waals surface area contributed by atoms with E-state index in [1.165, 1.54) is 38.5 Å². The van der Waals surface area contributed by atoms with E-state index in [4.69, 9.17) is 37.0 Å². The van der Waals surface area contributed by atoms with Crippen LogP contribution in [0.1, 0.15) is 336 Å². The third-order valence-electron chi connectivity index (χ3n) is 17.1. The highest BCUT2D eigenvalue weighted by Gasteiger charge is 2.30. The maximum Gasteiger partial charge on any atom is 0.472 e. The number of carbonyl (C=O) groups is 4. The number of ether oxygens (including phenoxy) is 4. The molecule has 17 nitrogen and oxygen atoms in total. The Bertz CT molecular complexity index is 2530. The molecule has 0 fully saturated rings. The monoisotopic (exact) mass is 1530 g/mol. The Morgan fingerprint density at radius 1 is 0.274 bits per heavy atom. The summed E-state index contributed by atoms with van der Waals surface area (Å²) in [5.74, 6) is -2.23. The molecule has 608 valence electrons. The summed E-state index contributed by atoms with van der Waals surface area (Å²) in [6, 6.07) is 0. The average molecular weight is 1530 g/mol. The predicted molar refractivity (Wildman–Crippen MR) is 436 cm³/mol. The Hall–Kier alpha value is -4.80. The third kappa shape index (κ3) is 77.4. The van der Waals surface area contributed by atoms with Gasteiger partial charge in [0.15, 0.2) is 12.2 Å². The molecule has 106 heavy (non-hydrogen) atoms. The van der Waals surface area contributed by atoms with E-state index in [-0.39, 0.29) is 25.7 Å². The molecule has 0 aliphatic carbocycles. The molecule has 3 N–H and O–H groups in total. The molecule has 0 aliphatic heterocycles. The smallest absolute Gasteiger partial charge is 0.462 e. The molecule has 0 heterocycles. The number of rotatable bonds is 77. The Labute approximate surface area is 644 Å². The quantitative estimate of drug-likeness (QED) is 0.0169. The van der Waals surface area contributed by atoms with Crippen LogP contribution in [0.3, 0.4) is 0 Å². The van der Waals surface area contributed by atoms with Crippen LogP contribution in [0.15, 0.2) is 134 Å². The minimum Gasteiger partial charge on any atom is -0.462 e. The molecule has 0 aromatic carbocycles. The highest BCUT2D eigenvalue weighted by molar-refractivity contribution is 7.47. The molecule has 0 saturated heterocycles. The van der Waals surface area contributed by atoms with Gasteiger partial charge in [0.2, 0.25) is 0 Å². The number of aliphatic hydroxyl groups excluding tert-OH is 1. The minimum absolute atomic E-state index is 0.0724. The van der Waals surface area contributed by atoms with Crippen molar-refractivity contribution in [2.45, 2.75) is 354 Å². The number of unbranched alkanes of at least 4 members (excludes halogenated alkanes) is 29. The first kappa shape index (κ1) is 101. The molecule has 0 amide bonds. The van der Waals surface area contributed by atoms with Gasteiger partial charge in [0.1, 0.15) is 19.3 Å². The normalized spacial score (nSPS) is 14.5. The first-order valence-corrected chi connectivity index (χ1v) is 44.4. The van der Waals surface area contributed by atoms with E-state index in [1.807, 2.05) is 0 Å². The molecule has 0 spiro atoms. The van der Waals surface area contributed by atoms with Crippen LogP contribution in [0.25, 0.3) is 0 Å². The average Bonchev–Trinajstić information content (AvgIpc) is 0.907. The number of hydrogen-bond acceptors (Lipinski definition) is 15. The van der Waals surface area contributed by atoms with Crippen LogP contribution in [0.5, 0.6) is 0 Å². The van der Waals surface area contributed by atoms with Crippen LogP contribution >= 0.6 is 15.6 Å². The van der Waals surface area contributed by atoms with E-state index in [0.29, 0.717) is 25.7 Å². The predicted octanol–water partition coefficient (Wildman–Crippen LogP) is 24.4. The molecule has 5 unspecified atom stereocenters. The van der Waals surface area contributed by atoms with E-state index in [9.17, 15) is 43.2 Å². The van der Waals surface area contributed by atoms with Crippen molar-refractivity contribution in [2.75, 3.05) is 39.6 Å². The zero-order chi connectivity index (χ0) is 77.4. The van der Waals surface area contributed by atoms with Gasteiger partial charge in [-0.1, -0.05) is 283 Å². The molecule has 0 rings (SSSR count). The van der Waals surface area contributed by atoms with Crippen LogP contribution in [-0.2, 0) is 65.4 Å². The van der Waals surface area contributed by atoms with Crippen LogP contribution in [0, 0.1) is 0 Å². The lowest BCUT2D eigenvalue weighted by Crippen LogP contribution is -2.30. The number of esters is 4. The van der Waals surface area contributed by atoms with Crippen molar-refractivity contribution < 1.29 is 80.2 Å². The second-order valence-electron chi connectivity index (χ2n) is 27.3. The summed E-state index contributed by atoms with van der Waals surface area (Å²) in [5.41, 5.74) is 0. The number of hydrogen-bond donors (Lipinski definition) is 3. The lowest BCUT2D eigenvalue weighted by atomic mass is 10.1. The summed E-state index contributed by atoms with van der Waals surface area (Å²) in [4.78, 5) is 73.2. The van der Waals surface area contributed by atoms with Gasteiger partial charge < -0.3 is 33.8 Å². The lowest BCUT2D eigenvalue weighted by Gasteiger charge is -2.21. The zero-order valence-electron chi connectivity index (χ0n) is 66.6. The largest absolute Gasteiger partial charge is 0.472 e. The van der Waals surface area contributed by atoms with E-state index in [1.54, 1.807) is 0 Å². The highest BCUT2D eigenvalue weighted by Crippen LogP contribution is 2.45. The van der Waals surface area contributed by atoms with Crippen molar-refractivity contribution in [3.05, 3.63) is 134 Å². The molecule has 5 atom stereocenters. The van der Waals surface area contributed by atoms with Gasteiger partial charge >= 0.3 is 39.5 Å². The fourth-order valence-electron chi connectivity index (χ4n) is 10.8. The first-order valence-electron chi connectivity index (χ1n) is 41.4. The van der Waals surface area contributed by atoms with Crippen molar-refractivity contribution in [1.82, 2.24) is 0 Å². The third-order valence-corrected chi connectivity index (χ3v) is 19.0. The van der Waals surface area contributed by atoms with Crippen molar-refractivity contribution in [2.24, 2.45) is 0 Å². The van der Waals surface area contributed by atoms with Crippen LogP contribution in [0.4, 0.5) is 0 Å². The molecule has 0 saturated carbocycles. The van der Waals surface area contributed by atoms with Gasteiger partial charge in [0.25, 0.3) is 0 Å². The van der Waals surface area contributed by atoms with Crippen LogP contribution in [-0.4, -0.2) is 96.7 Å². The Morgan fingerprint density at radius 3 is 0.755 bits per heavy atom. The van der Waals surface area contributed by atoms with Crippen LogP contribution in [0.2, 0.25) is 0 Å². The Morgan fingerprint density at radius 2 is 0.491 bits per heavy atom. The van der Waals surface area contributed by atoms with Gasteiger partial charge in [0.05, 0.1) is 26.4 Å². The molecule has 0 radical (unpaired) electrons. The summed E-state index contributed by atoms with van der Waals surface area (Å²) >= 11 is 0. The maximum absolute atomic E-state index is 13.1. The standard InChI is InChI=1S/C87H148O17P2/c1-5-9-13-17-21-25-29-33-37-39-40-42-45-48-52-56-60-64-68-72-85(90)98-78-83(104-87(92)74-70-66-62-58-54-50-46-41-38-34-30-26-22-18-14-10-6-2)80-102-106(95,96)100-76-81(88)75-99-105(93,94)101-79-82(103-86(91)73-69-65-61-57-53-49-44-36-32-28-24-20-16-12-8-4)77-97-84(89)71-67-63-59-55-51-47-43-35-31-27-23-19-15-11-7-3/h10-11,14-15,21-28,33-38,40,42-44,81-83,88H,5-9,12-13,16-20,29-32,39,41,45-80H2,1-4H3,(H,93,94)(H,95,96)/b14-10-,15-11-,25-21-,26-22-,27-23-,28-24-,37-33-,38-34-,42-40-,43-35-,44-36-. The summed E-state index contributed by atoms with van der Waals surface area (Å²) in [7, 11) is -9.98. The van der Waals surface area contributed by atoms with Crippen molar-refractivity contribution in [3.63, 3.8) is 0 Å². The Kier molecular flexibility index (Phi) is 74.8. The zero-order valence-corrected chi connectivity index (χ0v) is 68.4. The summed E-state index contributed by atoms with van der Waals surface area (Å²) in [6.07, 6.45) is 88.4. The molecule has 0 aromatic rings. The maximum atomic E-state index is 13.1. The fraction of sp³-hybridized carbons (Fsp3) is 0.701. The summed E-state index contributed by atoms with van der Waals surface area (Å²) in [5, 5.41) is 10.7. The number of phosphoric ester groups is 2. The first-order chi connectivity index (χ1) is 51.7. The highest BCUT2D eigenvalue weighted by atomic mass is 31.2. The second kappa shape index (κ2) is 78.3. The lowest BCUT2D eigenvalue weighted by molar-refractivity contribution is -0.161. The van der Waals surface area contributed by atoms with Gasteiger partial charge in [0, 0.05) is 25.7 Å². The van der Waals surface area contributed by atoms with E-state index in [2.05, 4.69) is 161 Å². The Balaban J connectivity index is 5.41. The van der Waals surface area contributed by atoms with E-state index >= 15 is 0 Å². The number of aliphatic hydroxyl groups is 1. The fourth-order valence-corrected chi connectivity index (χ4v) is 12.4. The van der Waals surface area contributed by atoms with Crippen LogP contribution < -0.4 is 0 Å². The van der Waals surface area contributed by atoms with Gasteiger partial charge in [-0.05, 0) is 161 Å².